The molecule has 0 bridgehead atoms. The molecule has 5 heteroatoms. The third kappa shape index (κ3) is 3.72. The van der Waals surface area contributed by atoms with Crippen LogP contribution in [0.3, 0.4) is 0 Å². The lowest BCUT2D eigenvalue weighted by atomic mass is 9.91. The van der Waals surface area contributed by atoms with Gasteiger partial charge in [-0.25, -0.2) is 0 Å². The summed E-state index contributed by atoms with van der Waals surface area (Å²) in [6, 6.07) is 0.269. The molecule has 1 atom stereocenters. The Morgan fingerprint density at radius 3 is 2.50 bits per heavy atom. The molecule has 0 spiro atoms. The number of nitrogens with zero attached hydrogens (tertiary/aromatic N) is 1. The van der Waals surface area contributed by atoms with Crippen molar-refractivity contribution in [1.82, 2.24) is 10.2 Å². The summed E-state index contributed by atoms with van der Waals surface area (Å²) in [7, 11) is 0. The Kier molecular flexibility index (Phi) is 5.40. The molecule has 1 heterocycles. The standard InChI is InChI=1S/C15H27N3O2/c1-2-14(19)18-10-4-3-5-13(18)15(20)17-12-8-6-11(16)7-9-12/h11-13H,2-10,16H2,1H3,(H,17,20). The van der Waals surface area contributed by atoms with Crippen LogP contribution in [0.25, 0.3) is 0 Å². The minimum absolute atomic E-state index is 0.0342. The van der Waals surface area contributed by atoms with Crippen LogP contribution >= 0.6 is 0 Å². The maximum atomic E-state index is 12.4. The third-order valence-corrected chi connectivity index (χ3v) is 4.55. The van der Waals surface area contributed by atoms with Crippen molar-refractivity contribution in [3.63, 3.8) is 0 Å². The fraction of sp³-hybridized carbons (Fsp3) is 0.867. The number of hydrogen-bond donors (Lipinski definition) is 2. The van der Waals surface area contributed by atoms with E-state index in [-0.39, 0.29) is 29.9 Å². The van der Waals surface area contributed by atoms with Crippen LogP contribution in [0, 0.1) is 0 Å². The van der Waals surface area contributed by atoms with E-state index in [1.807, 2.05) is 6.92 Å². The molecule has 20 heavy (non-hydrogen) atoms. The zero-order valence-corrected chi connectivity index (χ0v) is 12.4. The monoisotopic (exact) mass is 281 g/mol. The Bertz CT molecular complexity index is 351. The smallest absolute Gasteiger partial charge is 0.243 e. The van der Waals surface area contributed by atoms with Gasteiger partial charge in [0.15, 0.2) is 0 Å². The number of likely N-dealkylation sites (tertiary alicyclic amines) is 1. The minimum atomic E-state index is -0.258. The van der Waals surface area contributed by atoms with Crippen LogP contribution in [-0.2, 0) is 9.59 Å². The van der Waals surface area contributed by atoms with Gasteiger partial charge < -0.3 is 16.0 Å². The van der Waals surface area contributed by atoms with Gasteiger partial charge >= 0.3 is 0 Å². The normalized spacial score (nSPS) is 30.9. The van der Waals surface area contributed by atoms with Crippen LogP contribution < -0.4 is 11.1 Å². The Hall–Kier alpha value is -1.10. The summed E-state index contributed by atoms with van der Waals surface area (Å²) in [6.07, 6.45) is 7.18. The zero-order chi connectivity index (χ0) is 14.5. The first-order valence-electron chi connectivity index (χ1n) is 7.97. The summed E-state index contributed by atoms with van der Waals surface area (Å²) in [6.45, 7) is 2.58. The fourth-order valence-electron chi connectivity index (χ4n) is 3.27. The van der Waals surface area contributed by atoms with Crippen molar-refractivity contribution in [2.75, 3.05) is 6.54 Å². The van der Waals surface area contributed by atoms with Crippen LogP contribution in [0.4, 0.5) is 0 Å². The van der Waals surface area contributed by atoms with Gasteiger partial charge in [-0.1, -0.05) is 6.92 Å². The number of carbonyl (C=O) groups is 2. The molecule has 1 saturated carbocycles. The Morgan fingerprint density at radius 2 is 1.85 bits per heavy atom. The lowest BCUT2D eigenvalue weighted by Gasteiger charge is -2.36. The zero-order valence-electron chi connectivity index (χ0n) is 12.4. The van der Waals surface area contributed by atoms with Crippen molar-refractivity contribution in [1.29, 1.82) is 0 Å². The van der Waals surface area contributed by atoms with E-state index >= 15 is 0 Å². The molecule has 114 valence electrons. The Morgan fingerprint density at radius 1 is 1.15 bits per heavy atom. The molecular weight excluding hydrogens is 254 g/mol. The van der Waals surface area contributed by atoms with Gasteiger partial charge in [-0.3, -0.25) is 9.59 Å². The van der Waals surface area contributed by atoms with Gasteiger partial charge in [0, 0.05) is 25.0 Å². The molecular formula is C15H27N3O2. The third-order valence-electron chi connectivity index (χ3n) is 4.55. The quantitative estimate of drug-likeness (QED) is 0.815. The number of amides is 2. The highest BCUT2D eigenvalue weighted by Gasteiger charge is 2.32. The molecule has 1 aliphatic heterocycles. The lowest BCUT2D eigenvalue weighted by Crippen LogP contribution is -2.54. The van der Waals surface area contributed by atoms with Crippen LogP contribution in [0.1, 0.15) is 58.3 Å². The maximum Gasteiger partial charge on any atom is 0.243 e. The molecule has 2 aliphatic rings. The van der Waals surface area contributed by atoms with Crippen molar-refractivity contribution < 1.29 is 9.59 Å². The molecule has 5 nitrogen and oxygen atoms in total. The van der Waals surface area contributed by atoms with E-state index in [0.29, 0.717) is 6.42 Å². The van der Waals surface area contributed by atoms with Gasteiger partial charge in [0.2, 0.25) is 11.8 Å². The van der Waals surface area contributed by atoms with Crippen LogP contribution in [0.15, 0.2) is 0 Å². The van der Waals surface area contributed by atoms with E-state index < -0.39 is 0 Å². The SMILES string of the molecule is CCC(=O)N1CCCCC1C(=O)NC1CCC(N)CC1. The predicted molar refractivity (Wildman–Crippen MR) is 78.0 cm³/mol. The Balaban J connectivity index is 1.90. The maximum absolute atomic E-state index is 12.4. The molecule has 0 radical (unpaired) electrons. The van der Waals surface area contributed by atoms with E-state index in [9.17, 15) is 9.59 Å². The minimum Gasteiger partial charge on any atom is -0.352 e. The van der Waals surface area contributed by atoms with Crippen molar-refractivity contribution in [3.05, 3.63) is 0 Å². The number of nitrogens with one attached hydrogen (secondary N) is 1. The molecule has 0 aromatic rings. The van der Waals surface area contributed by atoms with Gasteiger partial charge in [-0.05, 0) is 44.9 Å². The van der Waals surface area contributed by atoms with Crippen molar-refractivity contribution in [3.8, 4) is 0 Å². The molecule has 2 amide bonds. The van der Waals surface area contributed by atoms with E-state index in [2.05, 4.69) is 5.32 Å². The number of carbonyl (C=O) groups excluding carboxylic acids is 2. The summed E-state index contributed by atoms with van der Waals surface area (Å²) in [5, 5.41) is 3.13. The molecule has 3 N–H and O–H groups in total. The first-order chi connectivity index (χ1) is 9.61. The van der Waals surface area contributed by atoms with Gasteiger partial charge in [0.25, 0.3) is 0 Å². The van der Waals surface area contributed by atoms with E-state index in [4.69, 9.17) is 5.73 Å². The highest BCUT2D eigenvalue weighted by atomic mass is 16.2. The summed E-state index contributed by atoms with van der Waals surface area (Å²) < 4.78 is 0. The topological polar surface area (TPSA) is 75.4 Å². The fourth-order valence-corrected chi connectivity index (χ4v) is 3.27. The highest BCUT2D eigenvalue weighted by Crippen LogP contribution is 2.21. The molecule has 2 rings (SSSR count). The van der Waals surface area contributed by atoms with Crippen molar-refractivity contribution >= 4 is 11.8 Å². The molecule has 0 aromatic carbocycles. The van der Waals surface area contributed by atoms with Crippen molar-refractivity contribution in [2.24, 2.45) is 5.73 Å². The molecule has 0 aromatic heterocycles. The summed E-state index contributed by atoms with van der Waals surface area (Å²) in [4.78, 5) is 26.2. The molecule has 1 saturated heterocycles. The van der Waals surface area contributed by atoms with Gasteiger partial charge in [-0.2, -0.15) is 0 Å². The molecule has 2 fully saturated rings. The van der Waals surface area contributed by atoms with E-state index in [0.717, 1.165) is 51.5 Å². The highest BCUT2D eigenvalue weighted by molar-refractivity contribution is 5.88. The largest absolute Gasteiger partial charge is 0.352 e. The molecule has 1 aliphatic carbocycles. The second-order valence-electron chi connectivity index (χ2n) is 6.07. The van der Waals surface area contributed by atoms with E-state index in [1.54, 1.807) is 4.90 Å². The van der Waals surface area contributed by atoms with Crippen LogP contribution in [0.5, 0.6) is 0 Å². The van der Waals surface area contributed by atoms with Crippen LogP contribution in [-0.4, -0.2) is 41.4 Å². The van der Waals surface area contributed by atoms with Crippen molar-refractivity contribution in [2.45, 2.75) is 76.4 Å². The van der Waals surface area contributed by atoms with Crippen LogP contribution in [0.2, 0.25) is 0 Å². The first-order valence-corrected chi connectivity index (χ1v) is 7.97. The van der Waals surface area contributed by atoms with Gasteiger partial charge in [0.05, 0.1) is 0 Å². The second-order valence-corrected chi connectivity index (χ2v) is 6.07. The number of hydrogen-bond acceptors (Lipinski definition) is 3. The average Bonchev–Trinajstić information content (AvgIpc) is 2.48. The predicted octanol–water partition coefficient (Wildman–Crippen LogP) is 1.16. The van der Waals surface area contributed by atoms with Gasteiger partial charge in [0.1, 0.15) is 6.04 Å². The second kappa shape index (κ2) is 7.07. The van der Waals surface area contributed by atoms with E-state index in [1.165, 1.54) is 0 Å². The number of rotatable bonds is 3. The number of nitrogens with two attached hydrogens (primary N) is 1. The average molecular weight is 281 g/mol. The van der Waals surface area contributed by atoms with Gasteiger partial charge in [-0.15, -0.1) is 0 Å². The Labute approximate surface area is 121 Å². The summed E-state index contributed by atoms with van der Waals surface area (Å²) in [5.74, 6) is 0.127. The summed E-state index contributed by atoms with van der Waals surface area (Å²) in [5.41, 5.74) is 5.88. The molecule has 1 unspecified atom stereocenters. The number of piperidine rings is 1. The lowest BCUT2D eigenvalue weighted by molar-refractivity contribution is -0.142. The first kappa shape index (κ1) is 15.3. The summed E-state index contributed by atoms with van der Waals surface area (Å²) >= 11 is 0.